The predicted molar refractivity (Wildman–Crippen MR) is 161 cm³/mol. The van der Waals surface area contributed by atoms with Crippen LogP contribution in [0.2, 0.25) is 18.1 Å². The number of halogens is 1. The minimum Gasteiger partial charge on any atom is -0.497 e. The van der Waals surface area contributed by atoms with Crippen molar-refractivity contribution in [1.29, 1.82) is 0 Å². The lowest BCUT2D eigenvalue weighted by molar-refractivity contribution is -0.167. The smallest absolute Gasteiger partial charge is 0.312 e. The largest absolute Gasteiger partial charge is 0.497 e. The highest BCUT2D eigenvalue weighted by molar-refractivity contribution is 9.10. The van der Waals surface area contributed by atoms with Crippen molar-refractivity contribution in [2.24, 2.45) is 5.92 Å². The fourth-order valence-electron chi connectivity index (χ4n) is 3.78. The first kappa shape index (κ1) is 32.5. The van der Waals surface area contributed by atoms with Gasteiger partial charge in [-0.25, -0.2) is 0 Å². The Morgan fingerprint density at radius 2 is 1.47 bits per heavy atom. The molecule has 0 spiro atoms. The number of rotatable bonds is 13. The minimum atomic E-state index is -1.95. The maximum absolute atomic E-state index is 13.5. The summed E-state index contributed by atoms with van der Waals surface area (Å²) in [5.41, 5.74) is 1.65. The molecule has 0 fully saturated rings. The fourth-order valence-corrected chi connectivity index (χ4v) is 5.10. The monoisotopic (exact) mass is 606 g/mol. The highest BCUT2D eigenvalue weighted by atomic mass is 79.9. The van der Waals surface area contributed by atoms with Crippen LogP contribution in [-0.2, 0) is 31.7 Å². The van der Waals surface area contributed by atoms with E-state index in [0.29, 0.717) is 26.1 Å². The van der Waals surface area contributed by atoms with Gasteiger partial charge >= 0.3 is 5.97 Å². The summed E-state index contributed by atoms with van der Waals surface area (Å²) in [6.07, 6.45) is 1.72. The summed E-state index contributed by atoms with van der Waals surface area (Å²) in [6, 6.07) is 16.1. The molecule has 0 bridgehead atoms. The van der Waals surface area contributed by atoms with Crippen molar-refractivity contribution in [3.63, 3.8) is 0 Å². The summed E-state index contributed by atoms with van der Waals surface area (Å²) in [5.74, 6) is 0.134. The van der Waals surface area contributed by atoms with Gasteiger partial charge in [0.15, 0.2) is 8.32 Å². The van der Waals surface area contributed by atoms with Gasteiger partial charge in [0.1, 0.15) is 11.4 Å². The molecule has 0 amide bonds. The fraction of sp³-hybridized carbons (Fsp3) is 0.581. The Morgan fingerprint density at radius 3 is 2.00 bits per heavy atom. The summed E-state index contributed by atoms with van der Waals surface area (Å²) < 4.78 is 25.2. The second-order valence-corrected chi connectivity index (χ2v) is 18.1. The van der Waals surface area contributed by atoms with Gasteiger partial charge in [0, 0.05) is 11.1 Å². The predicted octanol–water partition coefficient (Wildman–Crippen LogP) is 8.35. The maximum Gasteiger partial charge on any atom is 0.312 e. The number of aryl methyl sites for hydroxylation is 1. The van der Waals surface area contributed by atoms with Crippen molar-refractivity contribution in [3.8, 4) is 5.75 Å². The first-order valence-corrected chi connectivity index (χ1v) is 17.2. The highest BCUT2D eigenvalue weighted by Crippen LogP contribution is 2.37. The number of hydrogen-bond acceptors (Lipinski definition) is 5. The zero-order valence-electron chi connectivity index (χ0n) is 24.7. The molecule has 2 aromatic rings. The number of carbonyl (C=O) groups is 1. The molecule has 5 nitrogen and oxygen atoms in total. The standard InChI is InChI=1S/C31H47BrO5Si/c1-30(2,3)37-29(33)27(20-21-36-38(8,9)31(4,5)6)28(19-14-23-10-15-25(32)16-11-23)35-22-24-12-17-26(34-7)18-13-24/h10-13,15-18,27-28H,14,19-22H2,1-9H3. The van der Waals surface area contributed by atoms with E-state index in [0.717, 1.165) is 22.2 Å². The van der Waals surface area contributed by atoms with E-state index in [1.165, 1.54) is 5.56 Å². The Morgan fingerprint density at radius 1 is 0.895 bits per heavy atom. The molecule has 7 heteroatoms. The van der Waals surface area contributed by atoms with Crippen LogP contribution < -0.4 is 4.74 Å². The first-order chi connectivity index (χ1) is 17.6. The Hall–Kier alpha value is -1.67. The molecule has 38 heavy (non-hydrogen) atoms. The zero-order valence-corrected chi connectivity index (χ0v) is 27.3. The summed E-state index contributed by atoms with van der Waals surface area (Å²) in [4.78, 5) is 13.5. The Balaban J connectivity index is 2.27. The summed E-state index contributed by atoms with van der Waals surface area (Å²) in [7, 11) is -0.300. The van der Waals surface area contributed by atoms with E-state index in [4.69, 9.17) is 18.6 Å². The van der Waals surface area contributed by atoms with Gasteiger partial charge in [0.2, 0.25) is 0 Å². The summed E-state index contributed by atoms with van der Waals surface area (Å²) in [5, 5.41) is 0.0975. The number of hydrogen-bond donors (Lipinski definition) is 0. The van der Waals surface area contributed by atoms with E-state index in [1.54, 1.807) is 7.11 Å². The molecule has 0 aliphatic rings. The van der Waals surface area contributed by atoms with E-state index >= 15 is 0 Å². The highest BCUT2D eigenvalue weighted by Gasteiger charge is 2.38. The SMILES string of the molecule is COc1ccc(COC(CCc2ccc(Br)cc2)C(CCO[Si](C)(C)C(C)(C)C)C(=O)OC(C)(C)C)cc1. The van der Waals surface area contributed by atoms with E-state index in [-0.39, 0.29) is 17.1 Å². The number of benzene rings is 2. The van der Waals surface area contributed by atoms with Gasteiger partial charge in [-0.15, -0.1) is 0 Å². The Bertz CT molecular complexity index is 991. The van der Waals surface area contributed by atoms with Crippen LogP contribution in [0.4, 0.5) is 0 Å². The topological polar surface area (TPSA) is 54.0 Å². The third-order valence-electron chi connectivity index (χ3n) is 7.11. The average Bonchev–Trinajstić information content (AvgIpc) is 2.82. The molecule has 2 unspecified atom stereocenters. The van der Waals surface area contributed by atoms with E-state index in [1.807, 2.05) is 57.2 Å². The molecule has 0 saturated carbocycles. The summed E-state index contributed by atoms with van der Waals surface area (Å²) in [6.45, 7) is 17.8. The van der Waals surface area contributed by atoms with Gasteiger partial charge in [-0.3, -0.25) is 4.79 Å². The van der Waals surface area contributed by atoms with E-state index < -0.39 is 19.8 Å². The molecule has 2 rings (SSSR count). The quantitative estimate of drug-likeness (QED) is 0.169. The second-order valence-electron chi connectivity index (χ2n) is 12.4. The van der Waals surface area contributed by atoms with Crippen LogP contribution in [0.15, 0.2) is 53.0 Å². The third-order valence-corrected chi connectivity index (χ3v) is 12.2. The van der Waals surface area contributed by atoms with Crippen LogP contribution in [0, 0.1) is 5.92 Å². The Labute approximate surface area is 239 Å². The molecular formula is C31H47BrO5Si. The number of carbonyl (C=O) groups excluding carboxylic acids is 1. The van der Waals surface area contributed by atoms with Crippen molar-refractivity contribution in [1.82, 2.24) is 0 Å². The van der Waals surface area contributed by atoms with Gasteiger partial charge < -0.3 is 18.6 Å². The Kier molecular flexibility index (Phi) is 12.1. The van der Waals surface area contributed by atoms with Crippen molar-refractivity contribution in [3.05, 3.63) is 64.1 Å². The van der Waals surface area contributed by atoms with Crippen molar-refractivity contribution >= 4 is 30.2 Å². The van der Waals surface area contributed by atoms with Gasteiger partial charge in [0.05, 0.1) is 25.7 Å². The molecule has 0 aliphatic heterocycles. The van der Waals surface area contributed by atoms with Crippen LogP contribution in [0.3, 0.4) is 0 Å². The van der Waals surface area contributed by atoms with Crippen molar-refractivity contribution < 1.29 is 23.4 Å². The minimum absolute atomic E-state index is 0.0975. The van der Waals surface area contributed by atoms with E-state index in [9.17, 15) is 4.79 Å². The lowest BCUT2D eigenvalue weighted by Gasteiger charge is -2.37. The zero-order chi connectivity index (χ0) is 28.6. The molecular weight excluding hydrogens is 560 g/mol. The number of methoxy groups -OCH3 is 1. The van der Waals surface area contributed by atoms with Crippen molar-refractivity contribution in [2.75, 3.05) is 13.7 Å². The molecule has 0 radical (unpaired) electrons. The third kappa shape index (κ3) is 10.8. The van der Waals surface area contributed by atoms with E-state index in [2.05, 4.69) is 61.9 Å². The molecule has 2 atom stereocenters. The van der Waals surface area contributed by atoms with Gasteiger partial charge in [-0.05, 0) is 93.6 Å². The maximum atomic E-state index is 13.5. The number of esters is 1. The lowest BCUT2D eigenvalue weighted by Crippen LogP contribution is -2.42. The molecule has 0 saturated heterocycles. The number of ether oxygens (including phenoxy) is 3. The molecule has 0 heterocycles. The van der Waals surface area contributed by atoms with Crippen LogP contribution >= 0.6 is 15.9 Å². The summed E-state index contributed by atoms with van der Waals surface area (Å²) >= 11 is 3.51. The molecule has 212 valence electrons. The molecule has 0 N–H and O–H groups in total. The van der Waals surface area contributed by atoms with Crippen LogP contribution in [0.25, 0.3) is 0 Å². The van der Waals surface area contributed by atoms with Crippen LogP contribution in [-0.4, -0.2) is 39.7 Å². The molecule has 0 aromatic heterocycles. The lowest BCUT2D eigenvalue weighted by atomic mass is 9.93. The molecule has 0 aliphatic carbocycles. The second kappa shape index (κ2) is 14.1. The normalized spacial score (nSPS) is 14.2. The average molecular weight is 608 g/mol. The van der Waals surface area contributed by atoms with Gasteiger partial charge in [-0.2, -0.15) is 0 Å². The van der Waals surface area contributed by atoms with Crippen LogP contribution in [0.1, 0.15) is 65.5 Å². The van der Waals surface area contributed by atoms with Gasteiger partial charge in [-0.1, -0.05) is 61.0 Å². The first-order valence-electron chi connectivity index (χ1n) is 13.5. The van der Waals surface area contributed by atoms with Crippen molar-refractivity contribution in [2.45, 2.75) is 97.2 Å². The van der Waals surface area contributed by atoms with Crippen LogP contribution in [0.5, 0.6) is 5.75 Å². The molecule has 2 aromatic carbocycles. The van der Waals surface area contributed by atoms with Gasteiger partial charge in [0.25, 0.3) is 0 Å².